The lowest BCUT2D eigenvalue weighted by Gasteiger charge is -2.16. The smallest absolute Gasteiger partial charge is 0.302 e. The number of esters is 1. The van der Waals surface area contributed by atoms with Crippen LogP contribution in [0.1, 0.15) is 13.3 Å². The quantitative estimate of drug-likeness (QED) is 0.618. The molecule has 1 fully saturated rings. The molecular weight excluding hydrogens is 205 g/mol. The van der Waals surface area contributed by atoms with E-state index in [4.69, 9.17) is 5.73 Å². The summed E-state index contributed by atoms with van der Waals surface area (Å²) in [6.45, 7) is 0.974. The molecule has 1 aliphatic rings. The highest BCUT2D eigenvalue weighted by atomic mass is 19.1. The lowest BCUT2D eigenvalue weighted by molar-refractivity contribution is -0.143. The predicted octanol–water partition coefficient (Wildman–Crippen LogP) is -0.630. The molecule has 0 aliphatic heterocycles. The number of ether oxygens (including phenoxy) is 1. The Hall–Kier alpha value is -1.17. The zero-order valence-corrected chi connectivity index (χ0v) is 8.35. The van der Waals surface area contributed by atoms with Gasteiger partial charge in [-0.2, -0.15) is 0 Å². The normalized spacial score (nSPS) is 35.1. The van der Waals surface area contributed by atoms with E-state index >= 15 is 0 Å². The van der Waals surface area contributed by atoms with E-state index in [-0.39, 0.29) is 13.0 Å². The van der Waals surface area contributed by atoms with Crippen molar-refractivity contribution in [2.75, 3.05) is 6.61 Å². The monoisotopic (exact) mass is 219 g/mol. The van der Waals surface area contributed by atoms with Gasteiger partial charge in [0.1, 0.15) is 6.17 Å². The van der Waals surface area contributed by atoms with Gasteiger partial charge in [0.2, 0.25) is 5.91 Å². The number of primary amides is 1. The summed E-state index contributed by atoms with van der Waals surface area (Å²) in [5.74, 6) is -3.16. The van der Waals surface area contributed by atoms with Gasteiger partial charge in [-0.1, -0.05) is 0 Å². The minimum Gasteiger partial charge on any atom is -0.465 e. The third kappa shape index (κ3) is 2.65. The van der Waals surface area contributed by atoms with Gasteiger partial charge in [0, 0.05) is 6.92 Å². The molecule has 1 amide bonds. The van der Waals surface area contributed by atoms with Gasteiger partial charge in [-0.15, -0.1) is 0 Å². The van der Waals surface area contributed by atoms with Crippen LogP contribution in [0.25, 0.3) is 0 Å². The van der Waals surface area contributed by atoms with Gasteiger partial charge in [0.25, 0.3) is 0 Å². The van der Waals surface area contributed by atoms with Crippen molar-refractivity contribution in [1.29, 1.82) is 0 Å². The lowest BCUT2D eigenvalue weighted by Crippen LogP contribution is -2.32. The third-order valence-corrected chi connectivity index (χ3v) is 2.63. The fourth-order valence-electron chi connectivity index (χ4n) is 1.77. The van der Waals surface area contributed by atoms with Crippen LogP contribution in [0.4, 0.5) is 4.39 Å². The van der Waals surface area contributed by atoms with Crippen LogP contribution in [-0.4, -0.2) is 35.9 Å². The Balaban J connectivity index is 2.58. The number of halogens is 1. The van der Waals surface area contributed by atoms with Crippen LogP contribution >= 0.6 is 0 Å². The molecular formula is C9H14FNO4. The Morgan fingerprint density at radius 3 is 2.60 bits per heavy atom. The first-order valence-corrected chi connectivity index (χ1v) is 4.68. The molecule has 0 aromatic rings. The molecule has 86 valence electrons. The van der Waals surface area contributed by atoms with Crippen LogP contribution in [0.5, 0.6) is 0 Å². The summed E-state index contributed by atoms with van der Waals surface area (Å²) in [5.41, 5.74) is 4.97. The Morgan fingerprint density at radius 2 is 2.20 bits per heavy atom. The van der Waals surface area contributed by atoms with Crippen molar-refractivity contribution in [2.24, 2.45) is 17.6 Å². The van der Waals surface area contributed by atoms with Gasteiger partial charge in [-0.3, -0.25) is 9.59 Å². The van der Waals surface area contributed by atoms with Gasteiger partial charge in [-0.25, -0.2) is 4.39 Å². The third-order valence-electron chi connectivity index (χ3n) is 2.63. The Kier molecular flexibility index (Phi) is 3.62. The first-order chi connectivity index (χ1) is 6.93. The fraction of sp³-hybridized carbons (Fsp3) is 0.778. The van der Waals surface area contributed by atoms with Crippen molar-refractivity contribution in [2.45, 2.75) is 25.6 Å². The summed E-state index contributed by atoms with van der Waals surface area (Å²) in [5, 5.41) is 9.45. The maximum Gasteiger partial charge on any atom is 0.302 e. The molecule has 5 nitrogen and oxygen atoms in total. The molecule has 4 atom stereocenters. The second-order valence-electron chi connectivity index (χ2n) is 3.72. The van der Waals surface area contributed by atoms with E-state index in [1.165, 1.54) is 6.92 Å². The highest BCUT2D eigenvalue weighted by molar-refractivity contribution is 5.77. The first kappa shape index (κ1) is 11.9. The van der Waals surface area contributed by atoms with E-state index in [1.807, 2.05) is 0 Å². The highest BCUT2D eigenvalue weighted by Crippen LogP contribution is 2.34. The average molecular weight is 219 g/mol. The van der Waals surface area contributed by atoms with E-state index < -0.39 is 36.0 Å². The SMILES string of the molecule is CC(=O)OC[C@H]1[C@H](F)[C@@H](C(N)=O)C[C@H]1O. The molecule has 0 bridgehead atoms. The maximum absolute atomic E-state index is 13.6. The van der Waals surface area contributed by atoms with Crippen LogP contribution in [0.3, 0.4) is 0 Å². The molecule has 0 heterocycles. The Morgan fingerprint density at radius 1 is 1.60 bits per heavy atom. The van der Waals surface area contributed by atoms with Gasteiger partial charge < -0.3 is 15.6 Å². The summed E-state index contributed by atoms with van der Waals surface area (Å²) in [4.78, 5) is 21.3. The van der Waals surface area contributed by atoms with E-state index in [0.29, 0.717) is 0 Å². The summed E-state index contributed by atoms with van der Waals surface area (Å²) >= 11 is 0. The van der Waals surface area contributed by atoms with Crippen molar-refractivity contribution in [3.8, 4) is 0 Å². The molecule has 1 aliphatic carbocycles. The molecule has 0 unspecified atom stereocenters. The molecule has 0 radical (unpaired) electrons. The molecule has 0 saturated heterocycles. The number of hydrogen-bond acceptors (Lipinski definition) is 4. The number of rotatable bonds is 3. The molecule has 0 aromatic carbocycles. The van der Waals surface area contributed by atoms with Crippen LogP contribution in [0.15, 0.2) is 0 Å². The number of alkyl halides is 1. The van der Waals surface area contributed by atoms with Gasteiger partial charge in [-0.05, 0) is 6.42 Å². The highest BCUT2D eigenvalue weighted by Gasteiger charge is 2.46. The standard InChI is InChI=1S/C9H14FNO4/c1-4(12)15-3-6-7(13)2-5(8(6)10)9(11)14/h5-8,13H,2-3H2,1H3,(H2,11,14)/t5-,6+,7+,8+/m0/s1. The average Bonchev–Trinajstić information content (AvgIpc) is 2.39. The Bertz CT molecular complexity index is 271. The minimum atomic E-state index is -1.54. The predicted molar refractivity (Wildman–Crippen MR) is 48.3 cm³/mol. The van der Waals surface area contributed by atoms with Crippen molar-refractivity contribution in [3.63, 3.8) is 0 Å². The first-order valence-electron chi connectivity index (χ1n) is 4.68. The molecule has 6 heteroatoms. The van der Waals surface area contributed by atoms with Crippen LogP contribution in [0, 0.1) is 11.8 Å². The number of carbonyl (C=O) groups is 2. The summed E-state index contributed by atoms with van der Waals surface area (Å²) in [6, 6.07) is 0. The molecule has 0 spiro atoms. The van der Waals surface area contributed by atoms with Gasteiger partial charge in [0.15, 0.2) is 0 Å². The summed E-state index contributed by atoms with van der Waals surface area (Å²) in [7, 11) is 0. The van der Waals surface area contributed by atoms with E-state index in [0.717, 1.165) is 0 Å². The minimum absolute atomic E-state index is 0.0115. The van der Waals surface area contributed by atoms with Gasteiger partial charge >= 0.3 is 5.97 Å². The van der Waals surface area contributed by atoms with Crippen molar-refractivity contribution in [3.05, 3.63) is 0 Å². The zero-order chi connectivity index (χ0) is 11.6. The molecule has 1 rings (SSSR count). The number of nitrogens with two attached hydrogens (primary N) is 1. The van der Waals surface area contributed by atoms with Crippen LogP contribution < -0.4 is 5.73 Å². The number of hydrogen-bond donors (Lipinski definition) is 2. The Labute approximate surface area is 86.4 Å². The van der Waals surface area contributed by atoms with Gasteiger partial charge in [0.05, 0.1) is 24.5 Å². The topological polar surface area (TPSA) is 89.6 Å². The number of carbonyl (C=O) groups excluding carboxylic acids is 2. The molecule has 3 N–H and O–H groups in total. The second-order valence-corrected chi connectivity index (χ2v) is 3.72. The van der Waals surface area contributed by atoms with Crippen LogP contribution in [0.2, 0.25) is 0 Å². The number of amides is 1. The number of aliphatic hydroxyl groups is 1. The molecule has 0 aromatic heterocycles. The van der Waals surface area contributed by atoms with Crippen molar-refractivity contribution < 1.29 is 23.8 Å². The zero-order valence-electron chi connectivity index (χ0n) is 8.35. The summed E-state index contributed by atoms with van der Waals surface area (Å²) < 4.78 is 18.2. The molecule has 15 heavy (non-hydrogen) atoms. The number of aliphatic hydroxyl groups excluding tert-OH is 1. The maximum atomic E-state index is 13.6. The van der Waals surface area contributed by atoms with Crippen LogP contribution in [-0.2, 0) is 14.3 Å². The largest absolute Gasteiger partial charge is 0.465 e. The second kappa shape index (κ2) is 4.57. The van der Waals surface area contributed by atoms with E-state index in [9.17, 15) is 19.1 Å². The molecule has 1 saturated carbocycles. The fourth-order valence-corrected chi connectivity index (χ4v) is 1.77. The summed E-state index contributed by atoms with van der Waals surface area (Å²) in [6.07, 6.45) is -2.55. The lowest BCUT2D eigenvalue weighted by atomic mass is 10.0. The van der Waals surface area contributed by atoms with E-state index in [1.54, 1.807) is 0 Å². The van der Waals surface area contributed by atoms with Crippen molar-refractivity contribution >= 4 is 11.9 Å². The van der Waals surface area contributed by atoms with Crippen molar-refractivity contribution in [1.82, 2.24) is 0 Å². The van der Waals surface area contributed by atoms with E-state index in [2.05, 4.69) is 4.74 Å².